The predicted octanol–water partition coefficient (Wildman–Crippen LogP) is 1.34. The molecule has 3 N–H and O–H groups in total. The van der Waals surface area contributed by atoms with E-state index in [0.717, 1.165) is 22.6 Å². The van der Waals surface area contributed by atoms with E-state index in [1.807, 2.05) is 0 Å². The molecule has 0 spiro atoms. The van der Waals surface area contributed by atoms with Crippen molar-refractivity contribution in [2.75, 3.05) is 12.4 Å². The quantitative estimate of drug-likeness (QED) is 0.648. The van der Waals surface area contributed by atoms with Gasteiger partial charge in [-0.05, 0) is 30.3 Å². The average molecular weight is 449 g/mol. The van der Waals surface area contributed by atoms with Crippen molar-refractivity contribution in [1.29, 1.82) is 5.41 Å². The first kappa shape index (κ1) is 20.8. The molecule has 1 amide bonds. The summed E-state index contributed by atoms with van der Waals surface area (Å²) in [6.07, 6.45) is 0.209. The van der Waals surface area contributed by atoms with E-state index in [0.29, 0.717) is 0 Å². The highest BCUT2D eigenvalue weighted by molar-refractivity contribution is 7.90. The molecule has 4 rings (SSSR count). The Hall–Kier alpha value is -3.41. The number of carbonyl (C=O) groups excluding carboxylic acids is 2. The number of fused-ring (bicyclic) bond motifs is 1. The van der Waals surface area contributed by atoms with Gasteiger partial charge in [0.2, 0.25) is 16.0 Å². The second-order valence-electron chi connectivity index (χ2n) is 7.38. The van der Waals surface area contributed by atoms with E-state index in [2.05, 4.69) is 15.6 Å². The van der Waals surface area contributed by atoms with Gasteiger partial charge in [-0.15, -0.1) is 0 Å². The number of aromatic nitrogens is 1. The number of halogens is 2. The minimum absolute atomic E-state index is 0.0823. The maximum Gasteiger partial charge on any atom is 0.274 e. The second kappa shape index (κ2) is 7.08. The van der Waals surface area contributed by atoms with Gasteiger partial charge in [0.15, 0.2) is 0 Å². The Morgan fingerprint density at radius 1 is 1.32 bits per heavy atom. The highest BCUT2D eigenvalue weighted by Gasteiger charge is 2.60. The van der Waals surface area contributed by atoms with Crippen LogP contribution in [0, 0.1) is 17.0 Å². The molecule has 2 fully saturated rings. The smallest absolute Gasteiger partial charge is 0.274 e. The van der Waals surface area contributed by atoms with Crippen LogP contribution < -0.4 is 10.6 Å². The van der Waals surface area contributed by atoms with Crippen molar-refractivity contribution in [2.45, 2.75) is 23.6 Å². The number of ketones is 1. The van der Waals surface area contributed by atoms with Crippen LogP contribution in [0.15, 0.2) is 36.5 Å². The molecule has 2 heterocycles. The van der Waals surface area contributed by atoms with E-state index in [-0.39, 0.29) is 29.8 Å². The average Bonchev–Trinajstić information content (AvgIpc) is 3.06. The normalized spacial score (nSPS) is 24.5. The monoisotopic (exact) mass is 449 g/mol. The number of nitrogens with one attached hydrogen (secondary N) is 3. The Labute approximate surface area is 176 Å². The third-order valence-corrected chi connectivity index (χ3v) is 7.74. The van der Waals surface area contributed by atoms with Crippen LogP contribution in [-0.4, -0.2) is 47.7 Å². The van der Waals surface area contributed by atoms with E-state index < -0.39 is 50.1 Å². The summed E-state index contributed by atoms with van der Waals surface area (Å²) in [7, 11) is -2.92. The standard InChI is InChI=1S/C19H17F2N5O4S/c1-26-18(22)25-19(8-12(27)7-16(19)31(26,29)30)13-6-11(3-4-14(13)21)24-17(28)15-5-2-10(20)9-23-15/h2-6,9,16H,7-8H2,1H3,(H2,22,25)(H,24,28)/t16?,19-/m0/s1. The van der Waals surface area contributed by atoms with Crippen molar-refractivity contribution in [1.82, 2.24) is 14.6 Å². The summed E-state index contributed by atoms with van der Waals surface area (Å²) in [6.45, 7) is 0. The van der Waals surface area contributed by atoms with E-state index in [1.54, 1.807) is 0 Å². The first-order chi connectivity index (χ1) is 14.5. The Bertz CT molecular complexity index is 1220. The first-order valence-electron chi connectivity index (χ1n) is 9.14. The van der Waals surface area contributed by atoms with Crippen molar-refractivity contribution in [3.63, 3.8) is 0 Å². The summed E-state index contributed by atoms with van der Waals surface area (Å²) in [4.78, 5) is 28.3. The van der Waals surface area contributed by atoms with Crippen LogP contribution in [0.25, 0.3) is 0 Å². The van der Waals surface area contributed by atoms with Gasteiger partial charge in [0, 0.05) is 31.1 Å². The molecule has 0 radical (unpaired) electrons. The minimum atomic E-state index is -4.10. The fourth-order valence-electron chi connectivity index (χ4n) is 3.96. The summed E-state index contributed by atoms with van der Waals surface area (Å²) in [6, 6.07) is 5.76. The summed E-state index contributed by atoms with van der Waals surface area (Å²) in [5, 5.41) is 11.9. The third kappa shape index (κ3) is 3.32. The lowest BCUT2D eigenvalue weighted by molar-refractivity contribution is -0.117. The number of guanidine groups is 1. The van der Waals surface area contributed by atoms with Gasteiger partial charge in [0.25, 0.3) is 5.91 Å². The lowest BCUT2D eigenvalue weighted by Crippen LogP contribution is -2.65. The lowest BCUT2D eigenvalue weighted by Gasteiger charge is -2.44. The Morgan fingerprint density at radius 3 is 2.74 bits per heavy atom. The van der Waals surface area contributed by atoms with Crippen LogP contribution in [0.1, 0.15) is 28.9 Å². The zero-order valence-corrected chi connectivity index (χ0v) is 17.0. The van der Waals surface area contributed by atoms with Crippen molar-refractivity contribution in [3.8, 4) is 0 Å². The van der Waals surface area contributed by atoms with Crippen LogP contribution in [0.5, 0.6) is 0 Å². The zero-order chi connectivity index (χ0) is 22.6. The van der Waals surface area contributed by atoms with Gasteiger partial charge in [-0.3, -0.25) is 15.0 Å². The summed E-state index contributed by atoms with van der Waals surface area (Å²) >= 11 is 0. The van der Waals surface area contributed by atoms with Crippen molar-refractivity contribution >= 4 is 33.4 Å². The van der Waals surface area contributed by atoms with Gasteiger partial charge in [-0.25, -0.2) is 26.5 Å². The van der Waals surface area contributed by atoms with E-state index >= 15 is 0 Å². The van der Waals surface area contributed by atoms with Crippen molar-refractivity contribution in [3.05, 3.63) is 59.4 Å². The second-order valence-corrected chi connectivity index (χ2v) is 9.52. The molecule has 31 heavy (non-hydrogen) atoms. The molecule has 1 saturated carbocycles. The number of hydrogen-bond acceptors (Lipinski definition) is 6. The first-order valence-corrected chi connectivity index (χ1v) is 10.6. The number of nitrogens with zero attached hydrogens (tertiary/aromatic N) is 2. The van der Waals surface area contributed by atoms with Gasteiger partial charge >= 0.3 is 0 Å². The number of Topliss-reactive ketones (excluding diaryl/α,β-unsaturated/α-hetero) is 1. The van der Waals surface area contributed by atoms with Gasteiger partial charge in [-0.2, -0.15) is 0 Å². The Balaban J connectivity index is 1.75. The highest BCUT2D eigenvalue weighted by atomic mass is 32.2. The van der Waals surface area contributed by atoms with Gasteiger partial charge in [0.05, 0.1) is 11.7 Å². The molecule has 1 aliphatic heterocycles. The molecule has 0 bridgehead atoms. The molecule has 2 aliphatic rings. The molecule has 2 aromatic rings. The number of hydrogen-bond donors (Lipinski definition) is 3. The fourth-order valence-corrected chi connectivity index (χ4v) is 5.81. The van der Waals surface area contributed by atoms with Crippen molar-refractivity contribution in [2.24, 2.45) is 0 Å². The molecule has 1 aromatic carbocycles. The zero-order valence-electron chi connectivity index (χ0n) is 16.1. The van der Waals surface area contributed by atoms with Crippen LogP contribution in [0.3, 0.4) is 0 Å². The SMILES string of the molecule is CN1C(=N)N[C@]2(c3cc(NC(=O)c4ccc(F)cn4)ccc3F)CC(=O)CC2S1(=O)=O. The number of anilines is 1. The topological polar surface area (TPSA) is 132 Å². The molecule has 162 valence electrons. The molecule has 1 saturated heterocycles. The molecule has 1 aromatic heterocycles. The summed E-state index contributed by atoms with van der Waals surface area (Å²) in [5.41, 5.74) is -1.81. The maximum atomic E-state index is 14.9. The van der Waals surface area contributed by atoms with Gasteiger partial charge in [-0.1, -0.05) is 0 Å². The van der Waals surface area contributed by atoms with Crippen molar-refractivity contribution < 1.29 is 26.8 Å². The predicted molar refractivity (Wildman–Crippen MR) is 106 cm³/mol. The van der Waals surface area contributed by atoms with Gasteiger partial charge in [0.1, 0.15) is 28.4 Å². The largest absolute Gasteiger partial charge is 0.344 e. The number of benzene rings is 1. The molecular formula is C19H17F2N5O4S. The van der Waals surface area contributed by atoms with E-state index in [1.165, 1.54) is 25.2 Å². The molecule has 2 atom stereocenters. The fraction of sp³-hybridized carbons (Fsp3) is 0.263. The third-order valence-electron chi connectivity index (χ3n) is 5.50. The number of rotatable bonds is 3. The highest BCUT2D eigenvalue weighted by Crippen LogP contribution is 2.45. The molecule has 1 unspecified atom stereocenters. The maximum absolute atomic E-state index is 14.9. The molecule has 1 aliphatic carbocycles. The van der Waals surface area contributed by atoms with Crippen LogP contribution in [0.4, 0.5) is 14.5 Å². The van der Waals surface area contributed by atoms with Gasteiger partial charge < -0.3 is 10.6 Å². The van der Waals surface area contributed by atoms with E-state index in [9.17, 15) is 26.8 Å². The number of amides is 1. The number of sulfonamides is 1. The number of carbonyl (C=O) groups is 2. The van der Waals surface area contributed by atoms with E-state index in [4.69, 9.17) is 5.41 Å². The molecule has 12 heteroatoms. The summed E-state index contributed by atoms with van der Waals surface area (Å²) < 4.78 is 54.4. The lowest BCUT2D eigenvalue weighted by atomic mass is 9.86. The molecule has 9 nitrogen and oxygen atoms in total. The van der Waals surface area contributed by atoms with Crippen LogP contribution in [0.2, 0.25) is 0 Å². The molecular weight excluding hydrogens is 432 g/mol. The van der Waals surface area contributed by atoms with Crippen LogP contribution in [-0.2, 0) is 20.4 Å². The number of pyridine rings is 1. The Kier molecular flexibility index (Phi) is 4.76. The summed E-state index contributed by atoms with van der Waals surface area (Å²) in [5.74, 6) is -2.99. The van der Waals surface area contributed by atoms with Crippen LogP contribution >= 0.6 is 0 Å². The Morgan fingerprint density at radius 2 is 2.06 bits per heavy atom. The minimum Gasteiger partial charge on any atom is -0.344 e.